The van der Waals surface area contributed by atoms with Gasteiger partial charge in [-0.15, -0.1) is 0 Å². The van der Waals surface area contributed by atoms with Gasteiger partial charge < -0.3 is 9.47 Å². The van der Waals surface area contributed by atoms with Crippen LogP contribution in [0.4, 0.5) is 0 Å². The van der Waals surface area contributed by atoms with E-state index in [4.69, 9.17) is 9.47 Å². The zero-order valence-electron chi connectivity index (χ0n) is 13.4. The lowest BCUT2D eigenvalue weighted by atomic mass is 9.88. The van der Waals surface area contributed by atoms with E-state index in [0.717, 1.165) is 5.56 Å². The molecule has 1 aliphatic heterocycles. The predicted molar refractivity (Wildman–Crippen MR) is 90.9 cm³/mol. The van der Waals surface area contributed by atoms with Gasteiger partial charge in [0.1, 0.15) is 5.75 Å². The van der Waals surface area contributed by atoms with Gasteiger partial charge in [-0.05, 0) is 17.7 Å². The van der Waals surface area contributed by atoms with Gasteiger partial charge in [0.15, 0.2) is 5.60 Å². The number of rotatable bonds is 5. The van der Waals surface area contributed by atoms with Gasteiger partial charge in [0.2, 0.25) is 5.78 Å². The Morgan fingerprint density at radius 3 is 2.54 bits per heavy atom. The molecular weight excluding hydrogens is 304 g/mol. The van der Waals surface area contributed by atoms with E-state index < -0.39 is 11.6 Å². The lowest BCUT2D eigenvalue weighted by Gasteiger charge is -2.24. The summed E-state index contributed by atoms with van der Waals surface area (Å²) >= 11 is 0. The van der Waals surface area contributed by atoms with Gasteiger partial charge in [-0.25, -0.2) is 0 Å². The molecule has 1 atom stereocenters. The molecule has 1 aliphatic rings. The van der Waals surface area contributed by atoms with Gasteiger partial charge in [-0.2, -0.15) is 0 Å². The van der Waals surface area contributed by atoms with Crippen molar-refractivity contribution in [3.63, 3.8) is 0 Å². The van der Waals surface area contributed by atoms with Crippen LogP contribution in [0.2, 0.25) is 0 Å². The number of hydrogen-bond donors (Lipinski definition) is 0. The molecule has 4 nitrogen and oxygen atoms in total. The first-order chi connectivity index (χ1) is 11.6. The standard InChI is InChI=1S/C20H18O4/c1-23-18(21)14-20(13-7-10-15-8-3-2-4-9-15)19(22)16-11-5-6-12-17(16)24-20/h2-12H,13-14H2,1H3/b10-7+/t20-/m1/s1. The third-order valence-corrected chi connectivity index (χ3v) is 4.07. The van der Waals surface area contributed by atoms with Crippen molar-refractivity contribution in [3.8, 4) is 5.75 Å². The number of ketones is 1. The van der Waals surface area contributed by atoms with Crippen LogP contribution in [-0.4, -0.2) is 24.5 Å². The number of carbonyl (C=O) groups is 2. The number of benzene rings is 2. The molecule has 0 N–H and O–H groups in total. The van der Waals surface area contributed by atoms with Gasteiger partial charge in [0.05, 0.1) is 19.1 Å². The van der Waals surface area contributed by atoms with Gasteiger partial charge in [0.25, 0.3) is 0 Å². The van der Waals surface area contributed by atoms with Crippen molar-refractivity contribution in [2.24, 2.45) is 0 Å². The van der Waals surface area contributed by atoms with Crippen molar-refractivity contribution in [1.82, 2.24) is 0 Å². The average Bonchev–Trinajstić information content (AvgIpc) is 2.88. The largest absolute Gasteiger partial charge is 0.477 e. The molecule has 0 aromatic heterocycles. The Kier molecular flexibility index (Phi) is 4.47. The summed E-state index contributed by atoms with van der Waals surface area (Å²) in [4.78, 5) is 24.7. The van der Waals surface area contributed by atoms with Crippen LogP contribution < -0.4 is 4.74 Å². The molecule has 0 fully saturated rings. The fraction of sp³-hybridized carbons (Fsp3) is 0.200. The second-order valence-electron chi connectivity index (χ2n) is 5.69. The highest BCUT2D eigenvalue weighted by Crippen LogP contribution is 2.39. The Morgan fingerprint density at radius 1 is 1.12 bits per heavy atom. The number of para-hydroxylation sites is 1. The summed E-state index contributed by atoms with van der Waals surface area (Å²) in [5, 5.41) is 0. The van der Waals surface area contributed by atoms with Crippen LogP contribution in [0, 0.1) is 0 Å². The quantitative estimate of drug-likeness (QED) is 0.788. The van der Waals surface area contributed by atoms with Crippen molar-refractivity contribution >= 4 is 17.8 Å². The molecule has 0 radical (unpaired) electrons. The lowest BCUT2D eigenvalue weighted by molar-refractivity contribution is -0.143. The molecule has 3 rings (SSSR count). The number of Topliss-reactive ketones (excluding diaryl/α,β-unsaturated/α-hetero) is 1. The lowest BCUT2D eigenvalue weighted by Crippen LogP contribution is -2.42. The molecule has 24 heavy (non-hydrogen) atoms. The van der Waals surface area contributed by atoms with Crippen molar-refractivity contribution in [2.75, 3.05) is 7.11 Å². The van der Waals surface area contributed by atoms with Crippen molar-refractivity contribution < 1.29 is 19.1 Å². The van der Waals surface area contributed by atoms with Crippen LogP contribution in [-0.2, 0) is 9.53 Å². The number of esters is 1. The first-order valence-corrected chi connectivity index (χ1v) is 7.76. The molecule has 2 aromatic rings. The van der Waals surface area contributed by atoms with E-state index in [9.17, 15) is 9.59 Å². The van der Waals surface area contributed by atoms with Gasteiger partial charge in [-0.3, -0.25) is 9.59 Å². The third-order valence-electron chi connectivity index (χ3n) is 4.07. The zero-order valence-corrected chi connectivity index (χ0v) is 13.4. The smallest absolute Gasteiger partial charge is 0.310 e. The predicted octanol–water partition coefficient (Wildman–Crippen LogP) is 3.67. The molecule has 122 valence electrons. The highest BCUT2D eigenvalue weighted by atomic mass is 16.5. The number of carbonyl (C=O) groups excluding carboxylic acids is 2. The molecule has 1 heterocycles. The molecule has 0 saturated heterocycles. The molecule has 0 aliphatic carbocycles. The number of hydrogen-bond acceptors (Lipinski definition) is 4. The number of methoxy groups -OCH3 is 1. The van der Waals surface area contributed by atoms with Crippen molar-refractivity contribution in [3.05, 3.63) is 71.8 Å². The Bertz CT molecular complexity index is 779. The van der Waals surface area contributed by atoms with Gasteiger partial charge in [0, 0.05) is 6.42 Å². The summed E-state index contributed by atoms with van der Waals surface area (Å²) in [7, 11) is 1.31. The van der Waals surface area contributed by atoms with Crippen molar-refractivity contribution in [1.29, 1.82) is 0 Å². The molecule has 2 aromatic carbocycles. The first-order valence-electron chi connectivity index (χ1n) is 7.76. The van der Waals surface area contributed by atoms with Crippen LogP contribution >= 0.6 is 0 Å². The van der Waals surface area contributed by atoms with E-state index in [2.05, 4.69) is 0 Å². The minimum Gasteiger partial charge on any atom is -0.477 e. The van der Waals surface area contributed by atoms with E-state index >= 15 is 0 Å². The minimum atomic E-state index is -1.23. The van der Waals surface area contributed by atoms with Gasteiger partial charge in [-0.1, -0.05) is 54.6 Å². The Balaban J connectivity index is 1.86. The highest BCUT2D eigenvalue weighted by molar-refractivity contribution is 6.09. The minimum absolute atomic E-state index is 0.115. The van der Waals surface area contributed by atoms with Crippen LogP contribution in [0.15, 0.2) is 60.7 Å². The van der Waals surface area contributed by atoms with Crippen LogP contribution in [0.5, 0.6) is 5.75 Å². The van der Waals surface area contributed by atoms with E-state index in [-0.39, 0.29) is 12.2 Å². The Morgan fingerprint density at radius 2 is 1.83 bits per heavy atom. The zero-order chi connectivity index (χ0) is 17.0. The SMILES string of the molecule is COC(=O)C[C@@]1(C/C=C/c2ccccc2)Oc2ccccc2C1=O. The van der Waals surface area contributed by atoms with E-state index in [1.807, 2.05) is 42.5 Å². The van der Waals surface area contributed by atoms with Crippen LogP contribution in [0.3, 0.4) is 0 Å². The van der Waals surface area contributed by atoms with Gasteiger partial charge >= 0.3 is 5.97 Å². The number of ether oxygens (including phenoxy) is 2. The Hall–Kier alpha value is -2.88. The molecule has 0 saturated carbocycles. The average molecular weight is 322 g/mol. The number of fused-ring (bicyclic) bond motifs is 1. The summed E-state index contributed by atoms with van der Waals surface area (Å²) in [6.45, 7) is 0. The molecule has 0 amide bonds. The third kappa shape index (κ3) is 3.08. The monoisotopic (exact) mass is 322 g/mol. The molecule has 4 heteroatoms. The Labute approximate surface area is 140 Å². The van der Waals surface area contributed by atoms with E-state index in [1.165, 1.54) is 7.11 Å². The van der Waals surface area contributed by atoms with Crippen LogP contribution in [0.1, 0.15) is 28.8 Å². The topological polar surface area (TPSA) is 52.6 Å². The van der Waals surface area contributed by atoms with Crippen molar-refractivity contribution in [2.45, 2.75) is 18.4 Å². The summed E-state index contributed by atoms with van der Waals surface area (Å²) < 4.78 is 10.7. The summed E-state index contributed by atoms with van der Waals surface area (Å²) in [6.07, 6.45) is 3.96. The van der Waals surface area contributed by atoms with Crippen LogP contribution in [0.25, 0.3) is 6.08 Å². The fourth-order valence-corrected chi connectivity index (χ4v) is 2.82. The molecule has 0 spiro atoms. The maximum Gasteiger partial charge on any atom is 0.310 e. The van der Waals surface area contributed by atoms with E-state index in [0.29, 0.717) is 17.7 Å². The summed E-state index contributed by atoms with van der Waals surface area (Å²) in [5.74, 6) is -0.134. The summed E-state index contributed by atoms with van der Waals surface area (Å²) in [6, 6.07) is 16.8. The molecular formula is C20H18O4. The fourth-order valence-electron chi connectivity index (χ4n) is 2.82. The first kappa shape index (κ1) is 16.0. The second kappa shape index (κ2) is 6.71. The maximum atomic E-state index is 12.8. The molecule has 0 unspecified atom stereocenters. The maximum absolute atomic E-state index is 12.8. The highest BCUT2D eigenvalue weighted by Gasteiger charge is 2.48. The summed E-state index contributed by atoms with van der Waals surface area (Å²) in [5.41, 5.74) is 0.297. The normalized spacial score (nSPS) is 19.1. The second-order valence-corrected chi connectivity index (χ2v) is 5.69. The molecule has 0 bridgehead atoms. The van der Waals surface area contributed by atoms with E-state index in [1.54, 1.807) is 24.3 Å².